The molecule has 0 bridgehead atoms. The second kappa shape index (κ2) is 5.25. The maximum atomic E-state index is 13.2. The molecule has 1 aromatic carbocycles. The van der Waals surface area contributed by atoms with Crippen molar-refractivity contribution in [1.29, 1.82) is 0 Å². The van der Waals surface area contributed by atoms with Crippen LogP contribution in [0.25, 0.3) is 0 Å². The van der Waals surface area contributed by atoms with E-state index in [1.807, 2.05) is 0 Å². The highest BCUT2D eigenvalue weighted by molar-refractivity contribution is 9.10. The lowest BCUT2D eigenvalue weighted by atomic mass is 9.89. The SMILES string of the molecule is CC1CCCC(Oc2cc(Br)c(F)cc2N)C1. The minimum absolute atomic E-state index is 0.207. The van der Waals surface area contributed by atoms with E-state index < -0.39 is 0 Å². The summed E-state index contributed by atoms with van der Waals surface area (Å²) in [6, 6.07) is 2.91. The fourth-order valence-electron chi connectivity index (χ4n) is 2.31. The first-order chi connectivity index (χ1) is 8.06. The molecule has 2 nitrogen and oxygen atoms in total. The van der Waals surface area contributed by atoms with E-state index in [4.69, 9.17) is 10.5 Å². The molecule has 1 aliphatic carbocycles. The van der Waals surface area contributed by atoms with Crippen molar-refractivity contribution in [1.82, 2.24) is 0 Å². The summed E-state index contributed by atoms with van der Waals surface area (Å²) in [4.78, 5) is 0. The summed E-state index contributed by atoms with van der Waals surface area (Å²) in [7, 11) is 0. The first-order valence-corrected chi connectivity index (χ1v) is 6.76. The Labute approximate surface area is 109 Å². The molecule has 1 saturated carbocycles. The molecule has 0 amide bonds. The molecule has 0 aromatic heterocycles. The number of nitrogen functional groups attached to an aromatic ring is 1. The quantitative estimate of drug-likeness (QED) is 0.834. The average molecular weight is 302 g/mol. The van der Waals surface area contributed by atoms with Crippen LogP contribution in [0.1, 0.15) is 32.6 Å². The number of anilines is 1. The van der Waals surface area contributed by atoms with Gasteiger partial charge in [0.1, 0.15) is 11.6 Å². The molecule has 0 spiro atoms. The Morgan fingerprint density at radius 2 is 2.18 bits per heavy atom. The van der Waals surface area contributed by atoms with Gasteiger partial charge in [-0.15, -0.1) is 0 Å². The summed E-state index contributed by atoms with van der Waals surface area (Å²) in [6.45, 7) is 2.24. The number of hydrogen-bond acceptors (Lipinski definition) is 2. The van der Waals surface area contributed by atoms with Gasteiger partial charge in [-0.25, -0.2) is 4.39 Å². The fourth-order valence-corrected chi connectivity index (χ4v) is 2.63. The average Bonchev–Trinajstić information content (AvgIpc) is 2.26. The molecule has 0 radical (unpaired) electrons. The molecule has 4 heteroatoms. The van der Waals surface area contributed by atoms with Crippen LogP contribution in [0.3, 0.4) is 0 Å². The van der Waals surface area contributed by atoms with Crippen LogP contribution in [0.15, 0.2) is 16.6 Å². The zero-order valence-electron chi connectivity index (χ0n) is 9.88. The summed E-state index contributed by atoms with van der Waals surface area (Å²) in [6.07, 6.45) is 4.77. The zero-order valence-corrected chi connectivity index (χ0v) is 11.5. The maximum Gasteiger partial charge on any atom is 0.143 e. The van der Waals surface area contributed by atoms with Crippen LogP contribution in [0.5, 0.6) is 5.75 Å². The highest BCUT2D eigenvalue weighted by Crippen LogP contribution is 2.33. The molecule has 94 valence electrons. The Kier molecular flexibility index (Phi) is 3.92. The minimum atomic E-state index is -0.355. The van der Waals surface area contributed by atoms with Crippen LogP contribution < -0.4 is 10.5 Å². The van der Waals surface area contributed by atoms with Gasteiger partial charge in [0.25, 0.3) is 0 Å². The Morgan fingerprint density at radius 3 is 2.88 bits per heavy atom. The third-order valence-corrected chi connectivity index (χ3v) is 3.84. The van der Waals surface area contributed by atoms with E-state index in [1.165, 1.54) is 18.9 Å². The van der Waals surface area contributed by atoms with Crippen LogP contribution in [-0.2, 0) is 0 Å². The molecule has 2 unspecified atom stereocenters. The van der Waals surface area contributed by atoms with Crippen molar-refractivity contribution in [2.75, 3.05) is 5.73 Å². The second-order valence-electron chi connectivity index (χ2n) is 4.82. The lowest BCUT2D eigenvalue weighted by Crippen LogP contribution is -2.24. The van der Waals surface area contributed by atoms with Gasteiger partial charge in [0.05, 0.1) is 16.3 Å². The monoisotopic (exact) mass is 301 g/mol. The van der Waals surface area contributed by atoms with Gasteiger partial charge < -0.3 is 10.5 Å². The van der Waals surface area contributed by atoms with Crippen molar-refractivity contribution < 1.29 is 9.13 Å². The molecule has 0 heterocycles. The minimum Gasteiger partial charge on any atom is -0.488 e. The Morgan fingerprint density at radius 1 is 1.41 bits per heavy atom. The van der Waals surface area contributed by atoms with Gasteiger partial charge >= 0.3 is 0 Å². The molecule has 1 fully saturated rings. The second-order valence-corrected chi connectivity index (χ2v) is 5.67. The molecule has 1 aliphatic rings. The lowest BCUT2D eigenvalue weighted by Gasteiger charge is -2.27. The van der Waals surface area contributed by atoms with E-state index in [9.17, 15) is 4.39 Å². The van der Waals surface area contributed by atoms with Crippen molar-refractivity contribution in [3.63, 3.8) is 0 Å². The highest BCUT2D eigenvalue weighted by atomic mass is 79.9. The van der Waals surface area contributed by atoms with Crippen molar-refractivity contribution in [3.05, 3.63) is 22.4 Å². The van der Waals surface area contributed by atoms with Gasteiger partial charge in [-0.1, -0.05) is 13.3 Å². The summed E-state index contributed by atoms with van der Waals surface area (Å²) in [5.41, 5.74) is 6.12. The van der Waals surface area contributed by atoms with E-state index in [1.54, 1.807) is 6.07 Å². The Balaban J connectivity index is 2.10. The molecule has 2 rings (SSSR count). The smallest absolute Gasteiger partial charge is 0.143 e. The van der Waals surface area contributed by atoms with Gasteiger partial charge in [0.15, 0.2) is 0 Å². The lowest BCUT2D eigenvalue weighted by molar-refractivity contribution is 0.130. The normalized spacial score (nSPS) is 24.6. The van der Waals surface area contributed by atoms with E-state index >= 15 is 0 Å². The van der Waals surface area contributed by atoms with E-state index in [-0.39, 0.29) is 11.9 Å². The van der Waals surface area contributed by atoms with Gasteiger partial charge in [-0.2, -0.15) is 0 Å². The third kappa shape index (κ3) is 3.12. The fraction of sp³-hybridized carbons (Fsp3) is 0.538. The van der Waals surface area contributed by atoms with E-state index in [0.29, 0.717) is 21.8 Å². The molecular formula is C13H17BrFNO. The molecule has 17 heavy (non-hydrogen) atoms. The molecule has 2 N–H and O–H groups in total. The van der Waals surface area contributed by atoms with Crippen LogP contribution in [-0.4, -0.2) is 6.10 Å². The van der Waals surface area contributed by atoms with Crippen LogP contribution in [0.2, 0.25) is 0 Å². The topological polar surface area (TPSA) is 35.2 Å². The van der Waals surface area contributed by atoms with Crippen molar-refractivity contribution >= 4 is 21.6 Å². The Hall–Kier alpha value is -0.770. The number of nitrogens with two attached hydrogens (primary N) is 1. The van der Waals surface area contributed by atoms with Gasteiger partial charge in [-0.3, -0.25) is 0 Å². The summed E-state index contributed by atoms with van der Waals surface area (Å²) >= 11 is 3.15. The highest BCUT2D eigenvalue weighted by Gasteiger charge is 2.21. The molecule has 0 aliphatic heterocycles. The standard InChI is InChI=1S/C13H17BrFNO/c1-8-3-2-4-9(5-8)17-13-6-10(14)11(15)7-12(13)16/h6-9H,2-5,16H2,1H3. The predicted molar refractivity (Wildman–Crippen MR) is 70.6 cm³/mol. The van der Waals surface area contributed by atoms with E-state index in [2.05, 4.69) is 22.9 Å². The number of hydrogen-bond donors (Lipinski definition) is 1. The van der Waals surface area contributed by atoms with Crippen LogP contribution in [0.4, 0.5) is 10.1 Å². The Bertz CT molecular complexity index is 411. The maximum absolute atomic E-state index is 13.2. The predicted octanol–water partition coefficient (Wildman–Crippen LogP) is 4.13. The van der Waals surface area contributed by atoms with Crippen LogP contribution in [0, 0.1) is 11.7 Å². The number of ether oxygens (including phenoxy) is 1. The third-order valence-electron chi connectivity index (χ3n) is 3.23. The molecule has 1 aromatic rings. The number of rotatable bonds is 2. The first kappa shape index (κ1) is 12.7. The van der Waals surface area contributed by atoms with Crippen molar-refractivity contribution in [3.8, 4) is 5.75 Å². The number of halogens is 2. The molecule has 2 atom stereocenters. The van der Waals surface area contributed by atoms with Gasteiger partial charge in [0, 0.05) is 6.07 Å². The first-order valence-electron chi connectivity index (χ1n) is 5.97. The largest absolute Gasteiger partial charge is 0.488 e. The van der Waals surface area contributed by atoms with Gasteiger partial charge in [0.2, 0.25) is 0 Å². The molecule has 0 saturated heterocycles. The zero-order chi connectivity index (χ0) is 12.4. The van der Waals surface area contributed by atoms with Crippen LogP contribution >= 0.6 is 15.9 Å². The van der Waals surface area contributed by atoms with Crippen molar-refractivity contribution in [2.24, 2.45) is 5.92 Å². The van der Waals surface area contributed by atoms with E-state index in [0.717, 1.165) is 12.8 Å². The van der Waals surface area contributed by atoms with Crippen molar-refractivity contribution in [2.45, 2.75) is 38.7 Å². The number of benzene rings is 1. The summed E-state index contributed by atoms with van der Waals surface area (Å²) in [5, 5.41) is 0. The molecular weight excluding hydrogens is 285 g/mol. The van der Waals surface area contributed by atoms with Gasteiger partial charge in [-0.05, 0) is 47.2 Å². The summed E-state index contributed by atoms with van der Waals surface area (Å²) < 4.78 is 19.5. The summed E-state index contributed by atoms with van der Waals surface area (Å²) in [5.74, 6) is 0.920.